The van der Waals surface area contributed by atoms with E-state index in [4.69, 9.17) is 5.11 Å². The predicted octanol–water partition coefficient (Wildman–Crippen LogP) is 7.88. The molecule has 0 amide bonds. The van der Waals surface area contributed by atoms with Crippen molar-refractivity contribution in [1.29, 1.82) is 0 Å². The van der Waals surface area contributed by atoms with Gasteiger partial charge in [-0.2, -0.15) is 0 Å². The molecular weight excluding hydrogens is 370 g/mol. The molecule has 0 saturated carbocycles. The number of hydrogen-bond donors (Lipinski definition) is 1. The molecule has 2 rings (SSSR count). The molecule has 3 heteroatoms. The van der Waals surface area contributed by atoms with Crippen molar-refractivity contribution < 1.29 is 9.90 Å². The topological polar surface area (TPSA) is 50.2 Å². The Bertz CT molecular complexity index is 753. The molecule has 1 aromatic carbocycles. The number of carboxylic acids is 1. The van der Waals surface area contributed by atoms with Gasteiger partial charge in [-0.05, 0) is 62.6 Å². The van der Waals surface area contributed by atoms with E-state index in [1.807, 2.05) is 12.3 Å². The molecule has 0 spiro atoms. The Labute approximate surface area is 182 Å². The third kappa shape index (κ3) is 11.1. The van der Waals surface area contributed by atoms with Gasteiger partial charge in [-0.25, -0.2) is 0 Å². The maximum absolute atomic E-state index is 10.4. The van der Waals surface area contributed by atoms with Gasteiger partial charge in [0.05, 0.1) is 5.52 Å². The lowest BCUT2D eigenvalue weighted by atomic mass is 10.0. The first kappa shape index (κ1) is 24.1. The Morgan fingerprint density at radius 1 is 0.800 bits per heavy atom. The van der Waals surface area contributed by atoms with Crippen LogP contribution in [-0.2, 0) is 11.2 Å². The minimum absolute atomic E-state index is 0.321. The largest absolute Gasteiger partial charge is 0.481 e. The number of pyridine rings is 1. The van der Waals surface area contributed by atoms with Crippen molar-refractivity contribution in [3.05, 3.63) is 54.2 Å². The monoisotopic (exact) mass is 409 g/mol. The van der Waals surface area contributed by atoms with Crippen LogP contribution in [0.5, 0.6) is 0 Å². The van der Waals surface area contributed by atoms with Gasteiger partial charge in [0.15, 0.2) is 0 Å². The number of carbonyl (C=O) groups is 1. The molecule has 1 heterocycles. The van der Waals surface area contributed by atoms with Crippen LogP contribution >= 0.6 is 0 Å². The first-order chi connectivity index (χ1) is 14.8. The van der Waals surface area contributed by atoms with Crippen molar-refractivity contribution in [2.75, 3.05) is 0 Å². The van der Waals surface area contributed by atoms with Crippen LogP contribution in [0.15, 0.2) is 48.7 Å². The maximum atomic E-state index is 10.4. The number of aryl methyl sites for hydroxylation is 1. The number of unbranched alkanes of at least 4 members (excludes halogenated alkanes) is 11. The first-order valence-corrected chi connectivity index (χ1v) is 12.0. The summed E-state index contributed by atoms with van der Waals surface area (Å²) in [5.74, 6) is -0.670. The van der Waals surface area contributed by atoms with E-state index in [0.717, 1.165) is 24.8 Å². The quantitative estimate of drug-likeness (QED) is 0.213. The van der Waals surface area contributed by atoms with E-state index >= 15 is 0 Å². The zero-order valence-electron chi connectivity index (χ0n) is 18.5. The summed E-state index contributed by atoms with van der Waals surface area (Å²) in [7, 11) is 0. The third-order valence-corrected chi connectivity index (χ3v) is 5.68. The summed E-state index contributed by atoms with van der Waals surface area (Å²) in [5.41, 5.74) is 2.52. The molecule has 0 aliphatic carbocycles. The van der Waals surface area contributed by atoms with Gasteiger partial charge < -0.3 is 5.11 Å². The van der Waals surface area contributed by atoms with E-state index < -0.39 is 5.97 Å². The standard InChI is InChI=1S/C27H39NO2/c29-27(30)19-15-13-11-9-7-5-3-1-2-4-6-8-10-12-14-17-24-20-21-25-18-16-22-28-26(25)23-24/h1,3,16,18,20-23H,2,4-15,17,19H2,(H,29,30)/b3-1-. The SMILES string of the molecule is O=C(O)CCCCCCC/C=C\CCCCCCCCc1ccc2cccnc2c1. The minimum atomic E-state index is -0.670. The second kappa shape index (κ2) is 15.6. The van der Waals surface area contributed by atoms with E-state index in [0.29, 0.717) is 6.42 Å². The van der Waals surface area contributed by atoms with Crippen LogP contribution in [-0.4, -0.2) is 16.1 Å². The van der Waals surface area contributed by atoms with Gasteiger partial charge in [0.2, 0.25) is 0 Å². The highest BCUT2D eigenvalue weighted by Crippen LogP contribution is 2.16. The highest BCUT2D eigenvalue weighted by molar-refractivity contribution is 5.78. The van der Waals surface area contributed by atoms with Crippen LogP contribution in [0.2, 0.25) is 0 Å². The van der Waals surface area contributed by atoms with E-state index in [9.17, 15) is 4.79 Å². The number of rotatable bonds is 17. The van der Waals surface area contributed by atoms with Gasteiger partial charge in [0, 0.05) is 18.0 Å². The smallest absolute Gasteiger partial charge is 0.303 e. The van der Waals surface area contributed by atoms with Crippen LogP contribution in [0.4, 0.5) is 0 Å². The van der Waals surface area contributed by atoms with E-state index in [1.54, 1.807) is 0 Å². The molecule has 2 aromatic rings. The molecule has 0 aliphatic heterocycles. The van der Waals surface area contributed by atoms with Crippen molar-refractivity contribution >= 4 is 16.9 Å². The summed E-state index contributed by atoms with van der Waals surface area (Å²) in [5, 5.41) is 9.82. The van der Waals surface area contributed by atoms with Crippen LogP contribution in [0.1, 0.15) is 95.5 Å². The van der Waals surface area contributed by atoms with E-state index in [-0.39, 0.29) is 0 Å². The molecule has 0 atom stereocenters. The van der Waals surface area contributed by atoms with Crippen LogP contribution in [0.25, 0.3) is 10.9 Å². The van der Waals surface area contributed by atoms with Crippen molar-refractivity contribution in [2.45, 2.75) is 96.3 Å². The Morgan fingerprint density at radius 2 is 1.43 bits per heavy atom. The number of aromatic nitrogens is 1. The fourth-order valence-electron chi connectivity index (χ4n) is 3.87. The average molecular weight is 410 g/mol. The summed E-state index contributed by atoms with van der Waals surface area (Å²) in [6.45, 7) is 0. The van der Waals surface area contributed by atoms with Gasteiger partial charge in [0.1, 0.15) is 0 Å². The number of fused-ring (bicyclic) bond motifs is 1. The summed E-state index contributed by atoms with van der Waals surface area (Å²) >= 11 is 0. The van der Waals surface area contributed by atoms with Crippen LogP contribution in [0.3, 0.4) is 0 Å². The first-order valence-electron chi connectivity index (χ1n) is 12.0. The number of benzene rings is 1. The second-order valence-electron chi connectivity index (χ2n) is 8.36. The van der Waals surface area contributed by atoms with Gasteiger partial charge in [0.25, 0.3) is 0 Å². The summed E-state index contributed by atoms with van der Waals surface area (Å²) in [4.78, 5) is 14.9. The van der Waals surface area contributed by atoms with Gasteiger partial charge >= 0.3 is 5.97 Å². The Hall–Kier alpha value is -2.16. The average Bonchev–Trinajstić information content (AvgIpc) is 2.75. The Morgan fingerprint density at radius 3 is 2.13 bits per heavy atom. The van der Waals surface area contributed by atoms with E-state index in [2.05, 4.69) is 41.4 Å². The maximum Gasteiger partial charge on any atom is 0.303 e. The number of hydrogen-bond acceptors (Lipinski definition) is 2. The van der Waals surface area contributed by atoms with Crippen molar-refractivity contribution in [3.8, 4) is 0 Å². The normalized spacial score (nSPS) is 11.5. The zero-order valence-corrected chi connectivity index (χ0v) is 18.5. The highest BCUT2D eigenvalue weighted by atomic mass is 16.4. The Kier molecular flexibility index (Phi) is 12.6. The van der Waals surface area contributed by atoms with Crippen LogP contribution in [0, 0.1) is 0 Å². The van der Waals surface area contributed by atoms with Crippen molar-refractivity contribution in [1.82, 2.24) is 4.98 Å². The third-order valence-electron chi connectivity index (χ3n) is 5.68. The highest BCUT2D eigenvalue weighted by Gasteiger charge is 1.98. The second-order valence-corrected chi connectivity index (χ2v) is 8.36. The van der Waals surface area contributed by atoms with Crippen LogP contribution < -0.4 is 0 Å². The van der Waals surface area contributed by atoms with Crippen molar-refractivity contribution in [3.63, 3.8) is 0 Å². The molecule has 0 unspecified atom stereocenters. The van der Waals surface area contributed by atoms with Crippen molar-refractivity contribution in [2.24, 2.45) is 0 Å². The number of carboxylic acid groups (broad SMARTS) is 1. The molecule has 3 nitrogen and oxygen atoms in total. The molecule has 0 fully saturated rings. The lowest BCUT2D eigenvalue weighted by molar-refractivity contribution is -0.137. The predicted molar refractivity (Wildman–Crippen MR) is 127 cm³/mol. The fraction of sp³-hybridized carbons (Fsp3) is 0.556. The molecule has 0 aliphatic rings. The molecule has 1 N–H and O–H groups in total. The zero-order chi connectivity index (χ0) is 21.3. The fourth-order valence-corrected chi connectivity index (χ4v) is 3.87. The molecule has 0 bridgehead atoms. The Balaban J connectivity index is 1.36. The minimum Gasteiger partial charge on any atom is -0.481 e. The van der Waals surface area contributed by atoms with Gasteiger partial charge in [-0.15, -0.1) is 0 Å². The lowest BCUT2D eigenvalue weighted by Gasteiger charge is -2.04. The molecule has 0 radical (unpaired) electrons. The summed E-state index contributed by atoms with van der Waals surface area (Å²) < 4.78 is 0. The molecule has 0 saturated heterocycles. The summed E-state index contributed by atoms with van der Waals surface area (Å²) in [6, 6.07) is 10.8. The van der Waals surface area contributed by atoms with Gasteiger partial charge in [-0.1, -0.05) is 75.3 Å². The molecule has 30 heavy (non-hydrogen) atoms. The van der Waals surface area contributed by atoms with Gasteiger partial charge in [-0.3, -0.25) is 9.78 Å². The molecular formula is C27H39NO2. The lowest BCUT2D eigenvalue weighted by Crippen LogP contribution is -1.93. The molecule has 164 valence electrons. The number of nitrogens with zero attached hydrogens (tertiary/aromatic N) is 1. The van der Waals surface area contributed by atoms with E-state index in [1.165, 1.54) is 81.6 Å². The number of aliphatic carboxylic acids is 1. The molecule has 1 aromatic heterocycles. The number of allylic oxidation sites excluding steroid dienone is 2. The summed E-state index contributed by atoms with van der Waals surface area (Å²) in [6.07, 6.45) is 23.8.